The van der Waals surface area contributed by atoms with Gasteiger partial charge in [-0.3, -0.25) is 14.9 Å². The number of benzene rings is 2. The molecule has 2 aromatic carbocycles. The molecule has 0 saturated carbocycles. The van der Waals surface area contributed by atoms with Crippen LogP contribution in [0.15, 0.2) is 53.4 Å². The summed E-state index contributed by atoms with van der Waals surface area (Å²) in [7, 11) is -3.73. The minimum atomic E-state index is -3.73. The van der Waals surface area contributed by atoms with Crippen molar-refractivity contribution < 1.29 is 18.1 Å². The van der Waals surface area contributed by atoms with Gasteiger partial charge in [0.1, 0.15) is 0 Å². The van der Waals surface area contributed by atoms with Gasteiger partial charge >= 0.3 is 0 Å². The first-order valence-electron chi connectivity index (χ1n) is 8.60. The summed E-state index contributed by atoms with van der Waals surface area (Å²) in [6, 6.07) is 12.2. The number of nitrogens with zero attached hydrogens (tertiary/aromatic N) is 1. The highest BCUT2D eigenvalue weighted by Gasteiger charge is 2.24. The van der Waals surface area contributed by atoms with Crippen LogP contribution in [-0.4, -0.2) is 24.8 Å². The van der Waals surface area contributed by atoms with Crippen molar-refractivity contribution in [3.63, 3.8) is 0 Å². The van der Waals surface area contributed by atoms with Crippen LogP contribution in [0.2, 0.25) is 0 Å². The highest BCUT2D eigenvalue weighted by molar-refractivity contribution is 7.89. The lowest BCUT2D eigenvalue weighted by atomic mass is 10.1. The minimum Gasteiger partial charge on any atom is -0.352 e. The Kier molecular flexibility index (Phi) is 6.52. The Morgan fingerprint density at radius 2 is 1.68 bits per heavy atom. The maximum atomic E-state index is 12.6. The molecule has 0 aliphatic heterocycles. The Morgan fingerprint density at radius 3 is 2.25 bits per heavy atom. The fraction of sp³-hybridized carbons (Fsp3) is 0.316. The van der Waals surface area contributed by atoms with Crippen molar-refractivity contribution >= 4 is 21.6 Å². The third-order valence-corrected chi connectivity index (χ3v) is 5.55. The monoisotopic (exact) mass is 405 g/mol. The van der Waals surface area contributed by atoms with Gasteiger partial charge in [-0.2, -0.15) is 0 Å². The van der Waals surface area contributed by atoms with E-state index in [4.69, 9.17) is 0 Å². The Balaban J connectivity index is 2.06. The number of sulfonamides is 1. The first-order chi connectivity index (χ1) is 13.0. The number of carbonyl (C=O) groups is 1. The average Bonchev–Trinajstić information content (AvgIpc) is 2.58. The summed E-state index contributed by atoms with van der Waals surface area (Å²) >= 11 is 0. The number of nitro groups is 1. The molecule has 0 unspecified atom stereocenters. The van der Waals surface area contributed by atoms with Crippen LogP contribution < -0.4 is 10.0 Å². The van der Waals surface area contributed by atoms with Crippen molar-refractivity contribution in [1.29, 1.82) is 0 Å². The molecule has 2 N–H and O–H groups in total. The van der Waals surface area contributed by atoms with Gasteiger partial charge < -0.3 is 5.32 Å². The summed E-state index contributed by atoms with van der Waals surface area (Å²) in [6.07, 6.45) is 0.0349. The van der Waals surface area contributed by atoms with E-state index in [9.17, 15) is 23.3 Å². The van der Waals surface area contributed by atoms with E-state index in [0.29, 0.717) is 11.1 Å². The molecule has 0 atom stereocenters. The molecule has 1 amide bonds. The number of non-ortho nitro benzene ring substituents is 1. The highest BCUT2D eigenvalue weighted by atomic mass is 32.2. The van der Waals surface area contributed by atoms with Gasteiger partial charge in [-0.25, -0.2) is 13.1 Å². The van der Waals surface area contributed by atoms with Gasteiger partial charge in [0.25, 0.3) is 5.69 Å². The van der Waals surface area contributed by atoms with Gasteiger partial charge in [-0.1, -0.05) is 30.3 Å². The lowest BCUT2D eigenvalue weighted by Crippen LogP contribution is -2.41. The van der Waals surface area contributed by atoms with Gasteiger partial charge in [-0.05, 0) is 38.0 Å². The molecule has 0 aromatic heterocycles. The third kappa shape index (κ3) is 6.14. The van der Waals surface area contributed by atoms with Crippen molar-refractivity contribution in [3.05, 3.63) is 69.8 Å². The molecule has 0 aliphatic carbocycles. The minimum absolute atomic E-state index is 0.0349. The maximum Gasteiger partial charge on any atom is 0.269 e. The second-order valence-corrected chi connectivity index (χ2v) is 8.99. The summed E-state index contributed by atoms with van der Waals surface area (Å²) in [5.41, 5.74) is 0.412. The second-order valence-electron chi connectivity index (χ2n) is 7.34. The van der Waals surface area contributed by atoms with Crippen LogP contribution in [0.5, 0.6) is 0 Å². The molecule has 0 heterocycles. The first-order valence-corrected chi connectivity index (χ1v) is 10.1. The van der Waals surface area contributed by atoms with Crippen molar-refractivity contribution in [2.75, 3.05) is 0 Å². The van der Waals surface area contributed by atoms with Gasteiger partial charge in [0.05, 0.1) is 16.2 Å². The average molecular weight is 405 g/mol. The summed E-state index contributed by atoms with van der Waals surface area (Å²) < 4.78 is 27.8. The molecule has 8 nitrogen and oxygen atoms in total. The molecule has 0 aliphatic rings. The molecule has 9 heteroatoms. The van der Waals surface area contributed by atoms with Gasteiger partial charge in [-0.15, -0.1) is 0 Å². The van der Waals surface area contributed by atoms with E-state index in [2.05, 4.69) is 10.0 Å². The Labute approximate surface area is 164 Å². The fourth-order valence-electron chi connectivity index (χ4n) is 2.55. The lowest BCUT2D eigenvalue weighted by molar-refractivity contribution is -0.384. The Bertz CT molecular complexity index is 964. The second kappa shape index (κ2) is 8.49. The number of amides is 1. The molecule has 0 fully saturated rings. The van der Waals surface area contributed by atoms with Crippen LogP contribution in [-0.2, 0) is 27.8 Å². The first kappa shape index (κ1) is 21.5. The van der Waals surface area contributed by atoms with Crippen LogP contribution in [0.25, 0.3) is 0 Å². The van der Waals surface area contributed by atoms with E-state index in [1.54, 1.807) is 39.0 Å². The summed E-state index contributed by atoms with van der Waals surface area (Å²) in [5, 5.41) is 13.4. The Hall–Kier alpha value is -2.78. The number of hydrogen-bond donors (Lipinski definition) is 2. The number of nitrogens with one attached hydrogen (secondary N) is 2. The van der Waals surface area contributed by atoms with E-state index in [-0.39, 0.29) is 29.5 Å². The third-order valence-electron chi connectivity index (χ3n) is 3.69. The molecule has 0 bridgehead atoms. The Morgan fingerprint density at radius 1 is 1.07 bits per heavy atom. The molecule has 2 rings (SSSR count). The molecule has 150 valence electrons. The molecule has 0 saturated heterocycles. The van der Waals surface area contributed by atoms with Crippen molar-refractivity contribution in [3.8, 4) is 0 Å². The molecule has 2 aromatic rings. The number of hydrogen-bond acceptors (Lipinski definition) is 5. The van der Waals surface area contributed by atoms with Crippen molar-refractivity contribution in [1.82, 2.24) is 10.0 Å². The molecule has 0 radical (unpaired) electrons. The smallest absolute Gasteiger partial charge is 0.269 e. The summed E-state index contributed by atoms with van der Waals surface area (Å²) in [4.78, 5) is 22.5. The molecular weight excluding hydrogens is 382 g/mol. The standard InChI is InChI=1S/C19H23N3O5S/c1-19(2,3)21-28(26,27)17-7-5-4-6-15(17)13-20-18(23)12-14-8-10-16(11-9-14)22(24)25/h4-11,21H,12-13H2,1-3H3,(H,20,23). The van der Waals surface area contributed by atoms with E-state index in [0.717, 1.165) is 0 Å². The zero-order valence-corrected chi connectivity index (χ0v) is 16.7. The van der Waals surface area contributed by atoms with Crippen LogP contribution in [0.4, 0.5) is 5.69 Å². The predicted octanol–water partition coefficient (Wildman–Crippen LogP) is 2.53. The SMILES string of the molecule is CC(C)(C)NS(=O)(=O)c1ccccc1CNC(=O)Cc1ccc([N+](=O)[O-])cc1. The van der Waals surface area contributed by atoms with Crippen molar-refractivity contribution in [2.45, 2.75) is 44.2 Å². The van der Waals surface area contributed by atoms with E-state index in [1.165, 1.54) is 30.3 Å². The van der Waals surface area contributed by atoms with Crippen LogP contribution in [0.1, 0.15) is 31.9 Å². The number of carbonyl (C=O) groups excluding carboxylic acids is 1. The zero-order valence-electron chi connectivity index (χ0n) is 15.9. The maximum absolute atomic E-state index is 12.6. The normalized spacial score (nSPS) is 11.8. The zero-order chi connectivity index (χ0) is 20.9. The van der Waals surface area contributed by atoms with Crippen LogP contribution in [0, 0.1) is 10.1 Å². The fourth-order valence-corrected chi connectivity index (χ4v) is 4.21. The van der Waals surface area contributed by atoms with E-state index >= 15 is 0 Å². The largest absolute Gasteiger partial charge is 0.352 e. The van der Waals surface area contributed by atoms with E-state index < -0.39 is 20.5 Å². The topological polar surface area (TPSA) is 118 Å². The molecule has 0 spiro atoms. The van der Waals surface area contributed by atoms with Gasteiger partial charge in [0.2, 0.25) is 15.9 Å². The number of nitro benzene ring substituents is 1. The lowest BCUT2D eigenvalue weighted by Gasteiger charge is -2.21. The predicted molar refractivity (Wildman–Crippen MR) is 105 cm³/mol. The summed E-state index contributed by atoms with van der Waals surface area (Å²) in [5.74, 6) is -0.315. The van der Waals surface area contributed by atoms with Gasteiger partial charge in [0, 0.05) is 24.2 Å². The molecule has 28 heavy (non-hydrogen) atoms. The van der Waals surface area contributed by atoms with Gasteiger partial charge in [0.15, 0.2) is 0 Å². The van der Waals surface area contributed by atoms with Crippen molar-refractivity contribution in [2.24, 2.45) is 0 Å². The van der Waals surface area contributed by atoms with E-state index in [1.807, 2.05) is 0 Å². The number of rotatable bonds is 7. The molecular formula is C19H23N3O5S. The highest BCUT2D eigenvalue weighted by Crippen LogP contribution is 2.18. The van der Waals surface area contributed by atoms with Crippen LogP contribution in [0.3, 0.4) is 0 Å². The quantitative estimate of drug-likeness (QED) is 0.542. The van der Waals surface area contributed by atoms with Crippen LogP contribution >= 0.6 is 0 Å². The summed E-state index contributed by atoms with van der Waals surface area (Å²) in [6.45, 7) is 5.30.